The minimum absolute atomic E-state index is 0.292. The molecular formula is C18H25NO6. The summed E-state index contributed by atoms with van der Waals surface area (Å²) in [7, 11) is 2.26. The molecule has 0 saturated carbocycles. The Kier molecular flexibility index (Phi) is 8.07. The second-order valence-electron chi connectivity index (χ2n) is 5.48. The molecule has 1 aromatic rings. The Morgan fingerprint density at radius 3 is 2.12 bits per heavy atom. The second kappa shape index (κ2) is 9.78. The molecule has 1 atom stereocenters. The highest BCUT2D eigenvalue weighted by molar-refractivity contribution is 6.10. The molecule has 1 aromatic carbocycles. The van der Waals surface area contributed by atoms with Crippen molar-refractivity contribution in [2.75, 3.05) is 20.8 Å². The lowest BCUT2D eigenvalue weighted by atomic mass is 9.92. The Hall–Kier alpha value is -2.41. The third-order valence-corrected chi connectivity index (χ3v) is 3.84. The summed E-state index contributed by atoms with van der Waals surface area (Å²) in [6.45, 7) is 3.84. The van der Waals surface area contributed by atoms with Crippen molar-refractivity contribution in [3.8, 4) is 0 Å². The number of amides is 1. The van der Waals surface area contributed by atoms with E-state index in [1.54, 1.807) is 30.3 Å². The van der Waals surface area contributed by atoms with Gasteiger partial charge in [-0.15, -0.1) is 0 Å². The normalized spacial score (nSPS) is 12.2. The molecule has 0 fully saturated rings. The van der Waals surface area contributed by atoms with Crippen molar-refractivity contribution >= 4 is 17.8 Å². The van der Waals surface area contributed by atoms with Crippen LogP contribution in [0.4, 0.5) is 0 Å². The van der Waals surface area contributed by atoms with Crippen LogP contribution < -0.4 is 5.32 Å². The minimum Gasteiger partial charge on any atom is -0.467 e. The highest BCUT2D eigenvalue weighted by Gasteiger charge is 2.55. The molecule has 0 aliphatic carbocycles. The predicted molar refractivity (Wildman–Crippen MR) is 91.0 cm³/mol. The molecule has 25 heavy (non-hydrogen) atoms. The van der Waals surface area contributed by atoms with Gasteiger partial charge in [0.2, 0.25) is 0 Å². The fraction of sp³-hybridized carbons (Fsp3) is 0.500. The quantitative estimate of drug-likeness (QED) is 0.414. The van der Waals surface area contributed by atoms with Crippen LogP contribution in [0.25, 0.3) is 0 Å². The van der Waals surface area contributed by atoms with E-state index in [1.165, 1.54) is 6.92 Å². The molecular weight excluding hydrogens is 326 g/mol. The molecule has 0 saturated heterocycles. The predicted octanol–water partition coefficient (Wildman–Crippen LogP) is 1.71. The first-order valence-corrected chi connectivity index (χ1v) is 8.10. The molecule has 0 aromatic heterocycles. The van der Waals surface area contributed by atoms with Crippen molar-refractivity contribution in [3.05, 3.63) is 35.9 Å². The van der Waals surface area contributed by atoms with Crippen molar-refractivity contribution < 1.29 is 28.6 Å². The van der Waals surface area contributed by atoms with Crippen molar-refractivity contribution in [1.82, 2.24) is 5.32 Å². The zero-order valence-corrected chi connectivity index (χ0v) is 15.0. The van der Waals surface area contributed by atoms with E-state index >= 15 is 0 Å². The van der Waals surface area contributed by atoms with Gasteiger partial charge in [-0.1, -0.05) is 31.5 Å². The molecule has 0 aliphatic rings. The summed E-state index contributed by atoms with van der Waals surface area (Å²) in [5.74, 6) is -2.51. The van der Waals surface area contributed by atoms with E-state index in [2.05, 4.69) is 5.32 Å². The number of hydrogen-bond donors (Lipinski definition) is 1. The lowest BCUT2D eigenvalue weighted by Gasteiger charge is -2.34. The van der Waals surface area contributed by atoms with Crippen LogP contribution in [0.3, 0.4) is 0 Å². The average Bonchev–Trinajstić information content (AvgIpc) is 2.65. The summed E-state index contributed by atoms with van der Waals surface area (Å²) in [6.07, 6.45) is 0.647. The summed E-state index contributed by atoms with van der Waals surface area (Å²) in [4.78, 5) is 37.5. The molecule has 1 unspecified atom stereocenters. The number of carbonyl (C=O) groups excluding carboxylic acids is 3. The van der Waals surface area contributed by atoms with Gasteiger partial charge in [-0.25, -0.2) is 9.59 Å². The summed E-state index contributed by atoms with van der Waals surface area (Å²) in [6, 6.07) is 8.23. The van der Waals surface area contributed by atoms with Gasteiger partial charge in [0, 0.05) is 12.2 Å². The largest absolute Gasteiger partial charge is 0.467 e. The zero-order valence-electron chi connectivity index (χ0n) is 15.0. The number of methoxy groups -OCH3 is 2. The molecule has 0 aliphatic heterocycles. The first-order valence-electron chi connectivity index (χ1n) is 8.10. The number of ether oxygens (including phenoxy) is 3. The van der Waals surface area contributed by atoms with E-state index in [0.29, 0.717) is 12.2 Å². The van der Waals surface area contributed by atoms with E-state index < -0.39 is 29.5 Å². The highest BCUT2D eigenvalue weighted by atomic mass is 16.6. The van der Waals surface area contributed by atoms with Crippen LogP contribution in [-0.4, -0.2) is 50.3 Å². The fourth-order valence-corrected chi connectivity index (χ4v) is 2.31. The number of hydrogen-bond acceptors (Lipinski definition) is 6. The van der Waals surface area contributed by atoms with Gasteiger partial charge in [0.05, 0.1) is 20.3 Å². The Morgan fingerprint density at radius 2 is 1.64 bits per heavy atom. The molecule has 7 nitrogen and oxygen atoms in total. The SMILES string of the molecule is CCCCOC(C)C(NC(=O)c1ccccc1)(C(=O)OC)C(=O)OC. The van der Waals surface area contributed by atoms with Gasteiger partial charge < -0.3 is 19.5 Å². The topological polar surface area (TPSA) is 90.9 Å². The van der Waals surface area contributed by atoms with Gasteiger partial charge in [-0.3, -0.25) is 4.79 Å². The second-order valence-corrected chi connectivity index (χ2v) is 5.48. The zero-order chi connectivity index (χ0) is 18.9. The molecule has 0 heterocycles. The minimum atomic E-state index is -2.09. The number of carbonyl (C=O) groups is 3. The van der Waals surface area contributed by atoms with Crippen LogP contribution >= 0.6 is 0 Å². The fourth-order valence-electron chi connectivity index (χ4n) is 2.31. The van der Waals surface area contributed by atoms with Gasteiger partial charge in [0.15, 0.2) is 0 Å². The molecule has 0 radical (unpaired) electrons. The number of nitrogens with one attached hydrogen (secondary N) is 1. The maximum Gasteiger partial charge on any atom is 0.346 e. The monoisotopic (exact) mass is 351 g/mol. The molecule has 1 N–H and O–H groups in total. The number of unbranched alkanes of at least 4 members (excludes halogenated alkanes) is 1. The van der Waals surface area contributed by atoms with Crippen LogP contribution in [0.1, 0.15) is 37.0 Å². The molecule has 1 rings (SSSR count). The maximum atomic E-state index is 12.6. The molecule has 7 heteroatoms. The van der Waals surface area contributed by atoms with E-state index in [1.807, 2.05) is 6.92 Å². The number of benzene rings is 1. The van der Waals surface area contributed by atoms with E-state index in [-0.39, 0.29) is 0 Å². The average molecular weight is 351 g/mol. The number of rotatable bonds is 9. The summed E-state index contributed by atoms with van der Waals surface area (Å²) in [5.41, 5.74) is -1.80. The van der Waals surface area contributed by atoms with Gasteiger partial charge in [0.1, 0.15) is 0 Å². The van der Waals surface area contributed by atoms with E-state index in [4.69, 9.17) is 14.2 Å². The Balaban J connectivity index is 3.21. The number of esters is 2. The Morgan fingerprint density at radius 1 is 1.08 bits per heavy atom. The van der Waals surface area contributed by atoms with E-state index in [9.17, 15) is 14.4 Å². The Labute approximate surface area is 147 Å². The van der Waals surface area contributed by atoms with Crippen molar-refractivity contribution in [3.63, 3.8) is 0 Å². The smallest absolute Gasteiger partial charge is 0.346 e. The van der Waals surface area contributed by atoms with Crippen molar-refractivity contribution in [2.24, 2.45) is 0 Å². The summed E-state index contributed by atoms with van der Waals surface area (Å²) >= 11 is 0. The van der Waals surface area contributed by atoms with Crippen LogP contribution in [0.5, 0.6) is 0 Å². The third kappa shape index (κ3) is 4.79. The highest BCUT2D eigenvalue weighted by Crippen LogP contribution is 2.20. The van der Waals surface area contributed by atoms with Crippen LogP contribution in [0.15, 0.2) is 30.3 Å². The first kappa shape index (κ1) is 20.6. The van der Waals surface area contributed by atoms with Crippen molar-refractivity contribution in [2.45, 2.75) is 38.3 Å². The first-order chi connectivity index (χ1) is 11.9. The van der Waals surface area contributed by atoms with Crippen molar-refractivity contribution in [1.29, 1.82) is 0 Å². The van der Waals surface area contributed by atoms with Gasteiger partial charge in [-0.2, -0.15) is 0 Å². The maximum absolute atomic E-state index is 12.6. The van der Waals surface area contributed by atoms with Crippen LogP contribution in [0, 0.1) is 0 Å². The van der Waals surface area contributed by atoms with Gasteiger partial charge >= 0.3 is 11.9 Å². The summed E-state index contributed by atoms with van der Waals surface area (Å²) in [5, 5.41) is 2.46. The molecule has 0 spiro atoms. The Bertz CT molecular complexity index is 570. The third-order valence-electron chi connectivity index (χ3n) is 3.84. The van der Waals surface area contributed by atoms with Crippen LogP contribution in [0.2, 0.25) is 0 Å². The lowest BCUT2D eigenvalue weighted by molar-refractivity contribution is -0.171. The molecule has 138 valence electrons. The standard InChI is InChI=1S/C18H25NO6/c1-5-6-12-25-13(2)18(16(21)23-3,17(22)24-4)19-15(20)14-10-8-7-9-11-14/h7-11,13H,5-6,12H2,1-4H3,(H,19,20). The summed E-state index contributed by atoms with van der Waals surface area (Å²) < 4.78 is 15.2. The van der Waals surface area contributed by atoms with Crippen LogP contribution in [-0.2, 0) is 23.8 Å². The van der Waals surface area contributed by atoms with E-state index in [0.717, 1.165) is 27.1 Å². The lowest BCUT2D eigenvalue weighted by Crippen LogP contribution is -2.67. The molecule has 1 amide bonds. The molecule has 0 bridgehead atoms. The van der Waals surface area contributed by atoms with Gasteiger partial charge in [0.25, 0.3) is 11.4 Å². The van der Waals surface area contributed by atoms with Gasteiger partial charge in [-0.05, 0) is 25.5 Å².